The third kappa shape index (κ3) is 2.63. The third-order valence-electron chi connectivity index (χ3n) is 2.97. The molecule has 0 aliphatic heterocycles. The molecule has 1 saturated carbocycles. The van der Waals surface area contributed by atoms with Gasteiger partial charge in [0.25, 0.3) is 0 Å². The first-order valence-corrected chi connectivity index (χ1v) is 5.05. The summed E-state index contributed by atoms with van der Waals surface area (Å²) in [5, 5.41) is 3.42. The molecule has 0 aromatic rings. The molecule has 0 radical (unpaired) electrons. The molecule has 1 aliphatic rings. The summed E-state index contributed by atoms with van der Waals surface area (Å²) in [7, 11) is 2.08. The van der Waals surface area contributed by atoms with Crippen LogP contribution in [0.4, 0.5) is 0 Å². The van der Waals surface area contributed by atoms with Crippen LogP contribution in [0.2, 0.25) is 0 Å². The van der Waals surface area contributed by atoms with Gasteiger partial charge in [-0.15, -0.1) is 6.58 Å². The fourth-order valence-electron chi connectivity index (χ4n) is 1.86. The van der Waals surface area contributed by atoms with Gasteiger partial charge in [0, 0.05) is 6.04 Å². The molecule has 0 spiro atoms. The smallest absolute Gasteiger partial charge is 0.00953 e. The van der Waals surface area contributed by atoms with E-state index in [1.165, 1.54) is 37.7 Å². The molecule has 1 nitrogen and oxygen atoms in total. The van der Waals surface area contributed by atoms with Crippen molar-refractivity contribution in [1.29, 1.82) is 0 Å². The molecule has 0 heterocycles. The van der Waals surface area contributed by atoms with Crippen molar-refractivity contribution >= 4 is 0 Å². The van der Waals surface area contributed by atoms with E-state index in [0.717, 1.165) is 12.0 Å². The number of nitrogens with one attached hydrogen (secondary N) is 1. The van der Waals surface area contributed by atoms with Crippen LogP contribution in [0.25, 0.3) is 0 Å². The van der Waals surface area contributed by atoms with Gasteiger partial charge in [0.15, 0.2) is 0 Å². The molecule has 1 heteroatoms. The van der Waals surface area contributed by atoms with E-state index in [2.05, 4.69) is 25.9 Å². The van der Waals surface area contributed by atoms with E-state index in [-0.39, 0.29) is 0 Å². The summed E-state index contributed by atoms with van der Waals surface area (Å²) >= 11 is 0. The highest BCUT2D eigenvalue weighted by atomic mass is 14.9. The average molecular weight is 167 g/mol. The van der Waals surface area contributed by atoms with Crippen molar-refractivity contribution in [1.82, 2.24) is 5.32 Å². The Hall–Kier alpha value is -0.300. The molecule has 12 heavy (non-hydrogen) atoms. The molecule has 1 fully saturated rings. The highest BCUT2D eigenvalue weighted by Crippen LogP contribution is 2.31. The van der Waals surface area contributed by atoms with Crippen LogP contribution in [0.1, 0.15) is 39.0 Å². The third-order valence-corrected chi connectivity index (χ3v) is 2.97. The van der Waals surface area contributed by atoms with E-state index in [1.54, 1.807) is 0 Å². The van der Waals surface area contributed by atoms with E-state index in [4.69, 9.17) is 0 Å². The van der Waals surface area contributed by atoms with Gasteiger partial charge in [-0.1, -0.05) is 12.0 Å². The van der Waals surface area contributed by atoms with Crippen molar-refractivity contribution in [3.8, 4) is 0 Å². The lowest BCUT2D eigenvalue weighted by Crippen LogP contribution is -2.37. The molecule has 0 amide bonds. The molecule has 0 aromatic carbocycles. The number of hydrogen-bond acceptors (Lipinski definition) is 1. The van der Waals surface area contributed by atoms with Gasteiger partial charge in [-0.05, 0) is 45.6 Å². The normalized spacial score (nSPS) is 20.2. The van der Waals surface area contributed by atoms with Gasteiger partial charge in [0.05, 0.1) is 0 Å². The molecule has 1 N–H and O–H groups in total. The molecule has 1 unspecified atom stereocenters. The maximum absolute atomic E-state index is 3.94. The summed E-state index contributed by atoms with van der Waals surface area (Å²) < 4.78 is 0. The Kier molecular flexibility index (Phi) is 3.80. The zero-order chi connectivity index (χ0) is 8.97. The van der Waals surface area contributed by atoms with E-state index < -0.39 is 0 Å². The highest BCUT2D eigenvalue weighted by molar-refractivity contribution is 4.91. The van der Waals surface area contributed by atoms with Crippen molar-refractivity contribution in [2.24, 2.45) is 5.92 Å². The zero-order valence-corrected chi connectivity index (χ0v) is 8.40. The van der Waals surface area contributed by atoms with Crippen molar-refractivity contribution in [2.75, 3.05) is 7.05 Å². The van der Waals surface area contributed by atoms with Gasteiger partial charge in [0.1, 0.15) is 0 Å². The van der Waals surface area contributed by atoms with Crippen molar-refractivity contribution in [3.63, 3.8) is 0 Å². The predicted octanol–water partition coefficient (Wildman–Crippen LogP) is 2.73. The largest absolute Gasteiger partial charge is 0.317 e. The number of allylic oxidation sites excluding steroid dienone is 1. The summed E-state index contributed by atoms with van der Waals surface area (Å²) in [5.74, 6) is 0.953. The molecule has 0 aromatic heterocycles. The van der Waals surface area contributed by atoms with Gasteiger partial charge in [-0.25, -0.2) is 0 Å². The quantitative estimate of drug-likeness (QED) is 0.621. The van der Waals surface area contributed by atoms with Gasteiger partial charge < -0.3 is 5.32 Å². The lowest BCUT2D eigenvalue weighted by Gasteiger charge is -2.33. The summed E-state index contributed by atoms with van der Waals surface area (Å²) in [5.41, 5.74) is 1.31. The first-order chi connectivity index (χ1) is 5.74. The lowest BCUT2D eigenvalue weighted by molar-refractivity contribution is 0.228. The second kappa shape index (κ2) is 4.66. The van der Waals surface area contributed by atoms with Gasteiger partial charge >= 0.3 is 0 Å². The van der Waals surface area contributed by atoms with Crippen molar-refractivity contribution in [2.45, 2.75) is 45.1 Å². The minimum Gasteiger partial charge on any atom is -0.317 e. The maximum Gasteiger partial charge on any atom is 0.00953 e. The van der Waals surface area contributed by atoms with E-state index in [0.29, 0.717) is 0 Å². The van der Waals surface area contributed by atoms with Crippen LogP contribution in [0.5, 0.6) is 0 Å². The summed E-state index contributed by atoms with van der Waals surface area (Å²) in [6.07, 6.45) is 6.76. The van der Waals surface area contributed by atoms with Crippen molar-refractivity contribution < 1.29 is 0 Å². The van der Waals surface area contributed by atoms with Crippen LogP contribution in [0.15, 0.2) is 12.2 Å². The van der Waals surface area contributed by atoms with E-state index in [9.17, 15) is 0 Å². The minimum atomic E-state index is 0.746. The second-order valence-electron chi connectivity index (χ2n) is 4.08. The Balaban J connectivity index is 2.20. The van der Waals surface area contributed by atoms with E-state index >= 15 is 0 Å². The summed E-state index contributed by atoms with van der Waals surface area (Å²) in [6, 6.07) is 0.746. The standard InChI is InChI=1S/C11H21N/c1-9(2)7-8-11(12-3)10-5-4-6-10/h10-12H,1,4-8H2,2-3H3. The molecular weight excluding hydrogens is 146 g/mol. The zero-order valence-electron chi connectivity index (χ0n) is 8.40. The molecule has 1 aliphatic carbocycles. The van der Waals surface area contributed by atoms with Gasteiger partial charge in [-0.2, -0.15) is 0 Å². The Morgan fingerprint density at radius 1 is 1.58 bits per heavy atom. The fourth-order valence-corrected chi connectivity index (χ4v) is 1.86. The van der Waals surface area contributed by atoms with Gasteiger partial charge in [0.2, 0.25) is 0 Å². The van der Waals surface area contributed by atoms with Crippen molar-refractivity contribution in [3.05, 3.63) is 12.2 Å². The topological polar surface area (TPSA) is 12.0 Å². The fraction of sp³-hybridized carbons (Fsp3) is 0.818. The van der Waals surface area contributed by atoms with Crippen LogP contribution in [0, 0.1) is 5.92 Å². The minimum absolute atomic E-state index is 0.746. The van der Waals surface area contributed by atoms with E-state index in [1.807, 2.05) is 0 Å². The molecule has 0 bridgehead atoms. The Labute approximate surface area is 76.2 Å². The van der Waals surface area contributed by atoms with Crippen LogP contribution in [-0.4, -0.2) is 13.1 Å². The van der Waals surface area contributed by atoms with Crippen LogP contribution >= 0.6 is 0 Å². The lowest BCUT2D eigenvalue weighted by atomic mass is 9.78. The Morgan fingerprint density at radius 3 is 2.58 bits per heavy atom. The SMILES string of the molecule is C=C(C)CCC(NC)C1CCC1. The Bertz CT molecular complexity index is 147. The van der Waals surface area contributed by atoms with Crippen LogP contribution in [0.3, 0.4) is 0 Å². The summed E-state index contributed by atoms with van der Waals surface area (Å²) in [4.78, 5) is 0. The maximum atomic E-state index is 3.94. The molecule has 1 atom stereocenters. The molecule has 1 rings (SSSR count). The first kappa shape index (κ1) is 9.79. The second-order valence-corrected chi connectivity index (χ2v) is 4.08. The molecular formula is C11H21N. The molecule has 70 valence electrons. The van der Waals surface area contributed by atoms with Gasteiger partial charge in [-0.3, -0.25) is 0 Å². The highest BCUT2D eigenvalue weighted by Gasteiger charge is 2.25. The number of rotatable bonds is 5. The predicted molar refractivity (Wildman–Crippen MR) is 54.2 cm³/mol. The Morgan fingerprint density at radius 2 is 2.25 bits per heavy atom. The first-order valence-electron chi connectivity index (χ1n) is 5.05. The van der Waals surface area contributed by atoms with Crippen LogP contribution in [-0.2, 0) is 0 Å². The van der Waals surface area contributed by atoms with Crippen LogP contribution < -0.4 is 5.32 Å². The number of hydrogen-bond donors (Lipinski definition) is 1. The molecule has 0 saturated heterocycles. The average Bonchev–Trinajstić information content (AvgIpc) is 1.93. The monoisotopic (exact) mass is 167 g/mol. The summed E-state index contributed by atoms with van der Waals surface area (Å²) in [6.45, 7) is 6.06.